The Morgan fingerprint density at radius 1 is 1.46 bits per heavy atom. The molecule has 1 aliphatic heterocycles. The quantitative estimate of drug-likeness (QED) is 0.624. The standard InChI is InChI=1S/C17H21FN4O2/c1-20-8-6-19-17(20)9-13-3-2-7-21(11-13)12-14-4-5-15(22(23)24)10-16(14)18/h4-6,8,10,13H,2-3,7,9,11-12H2,1H3/t13-/m1/s1. The number of nitro groups is 1. The van der Waals surface area contributed by atoms with E-state index >= 15 is 0 Å². The summed E-state index contributed by atoms with van der Waals surface area (Å²) in [6.07, 6.45) is 6.89. The number of aromatic nitrogens is 2. The lowest BCUT2D eigenvalue weighted by Crippen LogP contribution is -2.36. The van der Waals surface area contributed by atoms with Crippen LogP contribution in [0.2, 0.25) is 0 Å². The first-order valence-electron chi connectivity index (χ1n) is 8.14. The molecule has 1 aromatic heterocycles. The van der Waals surface area contributed by atoms with E-state index in [-0.39, 0.29) is 5.69 Å². The summed E-state index contributed by atoms with van der Waals surface area (Å²) in [6.45, 7) is 2.30. The van der Waals surface area contributed by atoms with Crippen LogP contribution in [0.15, 0.2) is 30.6 Å². The molecule has 6 nitrogen and oxygen atoms in total. The first-order chi connectivity index (χ1) is 11.5. The average Bonchev–Trinajstić information content (AvgIpc) is 2.94. The Kier molecular flexibility index (Phi) is 4.89. The van der Waals surface area contributed by atoms with Gasteiger partial charge in [0.05, 0.1) is 11.0 Å². The average molecular weight is 332 g/mol. The van der Waals surface area contributed by atoms with Crippen molar-refractivity contribution in [3.8, 4) is 0 Å². The molecule has 24 heavy (non-hydrogen) atoms. The first-order valence-corrected chi connectivity index (χ1v) is 8.14. The minimum atomic E-state index is -0.573. The predicted molar refractivity (Wildman–Crippen MR) is 88.0 cm³/mol. The summed E-state index contributed by atoms with van der Waals surface area (Å²) in [5.74, 6) is 1.07. The predicted octanol–water partition coefficient (Wildman–Crippen LogP) is 2.92. The van der Waals surface area contributed by atoms with Gasteiger partial charge < -0.3 is 4.57 Å². The van der Waals surface area contributed by atoms with Crippen LogP contribution < -0.4 is 0 Å². The molecule has 0 saturated carbocycles. The fraction of sp³-hybridized carbons (Fsp3) is 0.471. The molecule has 1 aromatic carbocycles. The van der Waals surface area contributed by atoms with Crippen LogP contribution in [0.25, 0.3) is 0 Å². The van der Waals surface area contributed by atoms with Crippen LogP contribution in [-0.2, 0) is 20.0 Å². The lowest BCUT2D eigenvalue weighted by molar-refractivity contribution is -0.385. The van der Waals surface area contributed by atoms with Crippen molar-refractivity contribution in [3.63, 3.8) is 0 Å². The van der Waals surface area contributed by atoms with E-state index in [4.69, 9.17) is 0 Å². The molecule has 0 aliphatic carbocycles. The highest BCUT2D eigenvalue weighted by Crippen LogP contribution is 2.23. The number of hydrogen-bond donors (Lipinski definition) is 0. The van der Waals surface area contributed by atoms with Crippen LogP contribution in [-0.4, -0.2) is 32.5 Å². The Morgan fingerprint density at radius 2 is 2.29 bits per heavy atom. The number of halogens is 1. The second-order valence-electron chi connectivity index (χ2n) is 6.43. The smallest absolute Gasteiger partial charge is 0.272 e. The monoisotopic (exact) mass is 332 g/mol. The van der Waals surface area contributed by atoms with Gasteiger partial charge in [-0.25, -0.2) is 9.37 Å². The van der Waals surface area contributed by atoms with E-state index in [0.717, 1.165) is 44.2 Å². The molecular weight excluding hydrogens is 311 g/mol. The number of piperidine rings is 1. The van der Waals surface area contributed by atoms with Crippen LogP contribution >= 0.6 is 0 Å². The van der Waals surface area contributed by atoms with Gasteiger partial charge in [-0.3, -0.25) is 15.0 Å². The van der Waals surface area contributed by atoms with Crippen LogP contribution in [0, 0.1) is 21.8 Å². The van der Waals surface area contributed by atoms with Crippen molar-refractivity contribution in [2.45, 2.75) is 25.8 Å². The van der Waals surface area contributed by atoms with E-state index in [1.807, 2.05) is 24.0 Å². The molecule has 1 saturated heterocycles. The first kappa shape index (κ1) is 16.6. The zero-order valence-electron chi connectivity index (χ0n) is 13.7. The fourth-order valence-electron chi connectivity index (χ4n) is 3.33. The van der Waals surface area contributed by atoms with Gasteiger partial charge in [-0.15, -0.1) is 0 Å². The van der Waals surface area contributed by atoms with Gasteiger partial charge in [-0.1, -0.05) is 0 Å². The van der Waals surface area contributed by atoms with Gasteiger partial charge in [0.15, 0.2) is 0 Å². The van der Waals surface area contributed by atoms with Gasteiger partial charge in [0, 0.05) is 50.6 Å². The van der Waals surface area contributed by atoms with Gasteiger partial charge in [-0.2, -0.15) is 0 Å². The number of hydrogen-bond acceptors (Lipinski definition) is 4. The maximum Gasteiger partial charge on any atom is 0.272 e. The normalized spacial score (nSPS) is 18.7. The summed E-state index contributed by atoms with van der Waals surface area (Å²) in [5.41, 5.74) is 0.306. The third-order valence-electron chi connectivity index (χ3n) is 4.64. The van der Waals surface area contributed by atoms with Gasteiger partial charge >= 0.3 is 0 Å². The zero-order valence-corrected chi connectivity index (χ0v) is 13.7. The number of non-ortho nitro benzene ring substituents is 1. The molecule has 7 heteroatoms. The van der Waals surface area contributed by atoms with E-state index in [1.165, 1.54) is 12.1 Å². The maximum absolute atomic E-state index is 14.1. The number of benzene rings is 1. The lowest BCUT2D eigenvalue weighted by atomic mass is 9.94. The zero-order chi connectivity index (χ0) is 17.1. The topological polar surface area (TPSA) is 64.2 Å². The summed E-state index contributed by atoms with van der Waals surface area (Å²) in [5, 5.41) is 10.7. The highest BCUT2D eigenvalue weighted by Gasteiger charge is 2.22. The molecule has 1 fully saturated rings. The van der Waals surface area contributed by atoms with E-state index < -0.39 is 10.7 Å². The molecule has 1 aliphatic rings. The molecule has 0 N–H and O–H groups in total. The summed E-state index contributed by atoms with van der Waals surface area (Å²) in [6, 6.07) is 3.90. The van der Waals surface area contributed by atoms with E-state index in [0.29, 0.717) is 18.0 Å². The second-order valence-corrected chi connectivity index (χ2v) is 6.43. The molecule has 2 heterocycles. The molecular formula is C17H21FN4O2. The van der Waals surface area contributed by atoms with E-state index in [1.54, 1.807) is 0 Å². The number of nitro benzene ring substituents is 1. The minimum Gasteiger partial charge on any atom is -0.338 e. The Bertz CT molecular complexity index is 731. The van der Waals surface area contributed by atoms with Crippen molar-refractivity contribution in [2.24, 2.45) is 13.0 Å². The number of aryl methyl sites for hydroxylation is 1. The third kappa shape index (κ3) is 3.79. The number of likely N-dealkylation sites (tertiary alicyclic amines) is 1. The summed E-state index contributed by atoms with van der Waals surface area (Å²) in [4.78, 5) is 16.7. The van der Waals surface area contributed by atoms with Crippen molar-refractivity contribution < 1.29 is 9.31 Å². The molecule has 0 unspecified atom stereocenters. The lowest BCUT2D eigenvalue weighted by Gasteiger charge is -2.32. The summed E-state index contributed by atoms with van der Waals surface area (Å²) in [7, 11) is 2.00. The molecule has 3 rings (SSSR count). The molecule has 1 atom stereocenters. The van der Waals surface area contributed by atoms with Crippen molar-refractivity contribution >= 4 is 5.69 Å². The number of rotatable bonds is 5. The molecule has 0 bridgehead atoms. The maximum atomic E-state index is 14.1. The Balaban J connectivity index is 1.63. The molecule has 0 spiro atoms. The van der Waals surface area contributed by atoms with Crippen molar-refractivity contribution in [3.05, 3.63) is 57.9 Å². The van der Waals surface area contributed by atoms with Crippen LogP contribution in [0.4, 0.5) is 10.1 Å². The van der Waals surface area contributed by atoms with Crippen molar-refractivity contribution in [2.75, 3.05) is 13.1 Å². The van der Waals surface area contributed by atoms with Gasteiger partial charge in [0.25, 0.3) is 5.69 Å². The summed E-state index contributed by atoms with van der Waals surface area (Å²) < 4.78 is 16.1. The molecule has 2 aromatic rings. The molecule has 128 valence electrons. The Hall–Kier alpha value is -2.28. The highest BCUT2D eigenvalue weighted by atomic mass is 19.1. The molecule has 0 radical (unpaired) electrons. The molecule has 0 amide bonds. The highest BCUT2D eigenvalue weighted by molar-refractivity contribution is 5.34. The second kappa shape index (κ2) is 7.09. The Labute approximate surface area is 140 Å². The van der Waals surface area contributed by atoms with E-state index in [9.17, 15) is 14.5 Å². The van der Waals surface area contributed by atoms with Crippen LogP contribution in [0.1, 0.15) is 24.2 Å². The minimum absolute atomic E-state index is 0.206. The summed E-state index contributed by atoms with van der Waals surface area (Å²) >= 11 is 0. The number of imidazole rings is 1. The third-order valence-corrected chi connectivity index (χ3v) is 4.64. The fourth-order valence-corrected chi connectivity index (χ4v) is 3.33. The van der Waals surface area contributed by atoms with Crippen molar-refractivity contribution in [1.29, 1.82) is 0 Å². The van der Waals surface area contributed by atoms with Gasteiger partial charge in [-0.05, 0) is 31.4 Å². The largest absolute Gasteiger partial charge is 0.338 e. The van der Waals surface area contributed by atoms with Gasteiger partial charge in [0.1, 0.15) is 11.6 Å². The van der Waals surface area contributed by atoms with E-state index in [2.05, 4.69) is 9.88 Å². The SMILES string of the molecule is Cn1ccnc1C[C@H]1CCCN(Cc2ccc([N+](=O)[O-])cc2F)C1. The van der Waals surface area contributed by atoms with Crippen molar-refractivity contribution in [1.82, 2.24) is 14.5 Å². The van der Waals surface area contributed by atoms with Crippen LogP contribution in [0.3, 0.4) is 0 Å². The van der Waals surface area contributed by atoms with Crippen LogP contribution in [0.5, 0.6) is 0 Å². The number of nitrogens with zero attached hydrogens (tertiary/aromatic N) is 4. The Morgan fingerprint density at radius 3 is 2.96 bits per heavy atom. The van der Waals surface area contributed by atoms with Gasteiger partial charge in [0.2, 0.25) is 0 Å².